The average molecular weight is 243 g/mol. The van der Waals surface area contributed by atoms with E-state index in [1.807, 2.05) is 13.8 Å². The van der Waals surface area contributed by atoms with Crippen LogP contribution in [0.4, 0.5) is 4.79 Å². The van der Waals surface area contributed by atoms with E-state index in [1.165, 1.54) is 12.8 Å². The van der Waals surface area contributed by atoms with E-state index < -0.39 is 6.16 Å². The highest BCUT2D eigenvalue weighted by Gasteiger charge is 2.25. The number of hydrogen-bond acceptors (Lipinski definition) is 4. The Morgan fingerprint density at radius 3 is 2.47 bits per heavy atom. The van der Waals surface area contributed by atoms with Crippen LogP contribution in [0.15, 0.2) is 0 Å². The molecule has 0 bridgehead atoms. The summed E-state index contributed by atoms with van der Waals surface area (Å²) < 4.78 is 10.1. The zero-order valence-electron chi connectivity index (χ0n) is 11.0. The molecule has 0 spiro atoms. The molecule has 0 aliphatic heterocycles. The van der Waals surface area contributed by atoms with Crippen molar-refractivity contribution in [2.45, 2.75) is 39.5 Å². The Labute approximate surface area is 104 Å². The van der Waals surface area contributed by atoms with Gasteiger partial charge in [-0.1, -0.05) is 26.7 Å². The van der Waals surface area contributed by atoms with Gasteiger partial charge >= 0.3 is 6.16 Å². The van der Waals surface area contributed by atoms with Gasteiger partial charge in [0.15, 0.2) is 0 Å². The fourth-order valence-corrected chi connectivity index (χ4v) is 2.27. The van der Waals surface area contributed by atoms with Crippen LogP contribution >= 0.6 is 0 Å². The molecule has 0 saturated heterocycles. The smallest absolute Gasteiger partial charge is 0.434 e. The van der Waals surface area contributed by atoms with Crippen molar-refractivity contribution in [1.29, 1.82) is 0 Å². The molecular formula is C13H25NO3. The maximum atomic E-state index is 11.3. The van der Waals surface area contributed by atoms with Crippen molar-refractivity contribution in [3.63, 3.8) is 0 Å². The molecule has 2 unspecified atom stereocenters. The number of nitrogens with two attached hydrogens (primary N) is 1. The van der Waals surface area contributed by atoms with E-state index in [0.29, 0.717) is 37.5 Å². The normalized spacial score (nSPS) is 24.7. The lowest BCUT2D eigenvalue weighted by molar-refractivity contribution is 0.0250. The van der Waals surface area contributed by atoms with Crippen LogP contribution in [0, 0.1) is 17.8 Å². The van der Waals surface area contributed by atoms with Gasteiger partial charge in [0.2, 0.25) is 0 Å². The summed E-state index contributed by atoms with van der Waals surface area (Å²) in [6, 6.07) is 0. The van der Waals surface area contributed by atoms with E-state index in [4.69, 9.17) is 15.2 Å². The number of rotatable bonds is 5. The Morgan fingerprint density at radius 1 is 1.24 bits per heavy atom. The molecule has 2 atom stereocenters. The van der Waals surface area contributed by atoms with E-state index in [0.717, 1.165) is 12.8 Å². The zero-order valence-corrected chi connectivity index (χ0v) is 11.0. The largest absolute Gasteiger partial charge is 0.508 e. The van der Waals surface area contributed by atoms with Crippen LogP contribution in [-0.2, 0) is 9.47 Å². The minimum atomic E-state index is -0.542. The van der Waals surface area contributed by atoms with Gasteiger partial charge in [-0.25, -0.2) is 4.79 Å². The summed E-state index contributed by atoms with van der Waals surface area (Å²) in [5, 5.41) is 0. The number of ether oxygens (including phenoxy) is 2. The van der Waals surface area contributed by atoms with Gasteiger partial charge in [-0.15, -0.1) is 0 Å². The van der Waals surface area contributed by atoms with Crippen molar-refractivity contribution < 1.29 is 14.3 Å². The predicted octanol–water partition coefficient (Wildman–Crippen LogP) is 2.56. The summed E-state index contributed by atoms with van der Waals surface area (Å²) >= 11 is 0. The molecule has 4 nitrogen and oxygen atoms in total. The highest BCUT2D eigenvalue weighted by atomic mass is 16.7. The highest BCUT2D eigenvalue weighted by Crippen LogP contribution is 2.29. The van der Waals surface area contributed by atoms with Crippen LogP contribution in [0.5, 0.6) is 0 Å². The Bertz CT molecular complexity index is 231. The second kappa shape index (κ2) is 7.54. The van der Waals surface area contributed by atoms with E-state index >= 15 is 0 Å². The van der Waals surface area contributed by atoms with E-state index in [2.05, 4.69) is 0 Å². The van der Waals surface area contributed by atoms with Gasteiger partial charge in [0.25, 0.3) is 0 Å². The van der Waals surface area contributed by atoms with Gasteiger partial charge in [-0.2, -0.15) is 0 Å². The van der Waals surface area contributed by atoms with Gasteiger partial charge in [-0.3, -0.25) is 0 Å². The monoisotopic (exact) mass is 243 g/mol. The van der Waals surface area contributed by atoms with Crippen LogP contribution in [0.3, 0.4) is 0 Å². The number of carbonyl (C=O) groups is 1. The summed E-state index contributed by atoms with van der Waals surface area (Å²) in [6.07, 6.45) is 4.19. The van der Waals surface area contributed by atoms with Gasteiger partial charge < -0.3 is 15.2 Å². The summed E-state index contributed by atoms with van der Waals surface area (Å²) in [4.78, 5) is 11.3. The minimum Gasteiger partial charge on any atom is -0.434 e. The molecule has 0 aromatic carbocycles. The molecule has 17 heavy (non-hydrogen) atoms. The molecule has 1 saturated carbocycles. The van der Waals surface area contributed by atoms with Gasteiger partial charge in [0, 0.05) is 0 Å². The summed E-state index contributed by atoms with van der Waals surface area (Å²) in [7, 11) is 0. The van der Waals surface area contributed by atoms with Crippen LogP contribution in [0.2, 0.25) is 0 Å². The molecule has 2 N–H and O–H groups in total. The topological polar surface area (TPSA) is 61.5 Å². The second-order valence-electron chi connectivity index (χ2n) is 5.31. The van der Waals surface area contributed by atoms with Crippen LogP contribution in [0.1, 0.15) is 39.5 Å². The molecule has 1 aliphatic carbocycles. The Hall–Kier alpha value is -0.770. The maximum Gasteiger partial charge on any atom is 0.508 e. The van der Waals surface area contributed by atoms with Crippen LogP contribution < -0.4 is 5.73 Å². The lowest BCUT2D eigenvalue weighted by atomic mass is 9.80. The lowest BCUT2D eigenvalue weighted by Gasteiger charge is -2.29. The molecule has 4 heteroatoms. The molecule has 0 amide bonds. The third-order valence-corrected chi connectivity index (χ3v) is 3.32. The quantitative estimate of drug-likeness (QED) is 0.754. The summed E-state index contributed by atoms with van der Waals surface area (Å²) in [6.45, 7) is 5.56. The molecule has 100 valence electrons. The van der Waals surface area contributed by atoms with Crippen molar-refractivity contribution in [1.82, 2.24) is 0 Å². The molecule has 0 radical (unpaired) electrons. The first-order valence-corrected chi connectivity index (χ1v) is 6.63. The standard InChI is InChI=1S/C13H25NO3/c1-10(2)8-16-13(15)17-9-12-6-4-3-5-11(12)7-14/h10-12H,3-9,14H2,1-2H3. The first-order valence-electron chi connectivity index (χ1n) is 6.63. The first-order chi connectivity index (χ1) is 8.13. The number of carbonyl (C=O) groups excluding carboxylic acids is 1. The third-order valence-electron chi connectivity index (χ3n) is 3.32. The zero-order chi connectivity index (χ0) is 12.7. The summed E-state index contributed by atoms with van der Waals surface area (Å²) in [5.41, 5.74) is 5.73. The third kappa shape index (κ3) is 5.39. The maximum absolute atomic E-state index is 11.3. The Morgan fingerprint density at radius 2 is 1.88 bits per heavy atom. The molecule has 1 aliphatic rings. The van der Waals surface area contributed by atoms with E-state index in [9.17, 15) is 4.79 Å². The molecular weight excluding hydrogens is 218 g/mol. The van der Waals surface area contributed by atoms with Crippen LogP contribution in [-0.4, -0.2) is 25.9 Å². The van der Waals surface area contributed by atoms with Gasteiger partial charge in [0.1, 0.15) is 0 Å². The van der Waals surface area contributed by atoms with Crippen molar-refractivity contribution >= 4 is 6.16 Å². The molecule has 0 aromatic rings. The van der Waals surface area contributed by atoms with Crippen molar-refractivity contribution in [3.8, 4) is 0 Å². The van der Waals surface area contributed by atoms with Gasteiger partial charge in [-0.05, 0) is 37.1 Å². The predicted molar refractivity (Wildman–Crippen MR) is 66.6 cm³/mol. The molecule has 1 rings (SSSR count). The molecule has 0 aromatic heterocycles. The summed E-state index contributed by atoms with van der Waals surface area (Å²) in [5.74, 6) is 1.26. The fourth-order valence-electron chi connectivity index (χ4n) is 2.27. The minimum absolute atomic E-state index is 0.342. The molecule has 0 heterocycles. The Balaban J connectivity index is 2.21. The second-order valence-corrected chi connectivity index (χ2v) is 5.31. The Kier molecular flexibility index (Phi) is 6.34. The van der Waals surface area contributed by atoms with Crippen molar-refractivity contribution in [3.05, 3.63) is 0 Å². The number of hydrogen-bond donors (Lipinski definition) is 1. The average Bonchev–Trinajstić information content (AvgIpc) is 2.34. The van der Waals surface area contributed by atoms with Crippen molar-refractivity contribution in [2.24, 2.45) is 23.5 Å². The van der Waals surface area contributed by atoms with Gasteiger partial charge in [0.05, 0.1) is 13.2 Å². The highest BCUT2D eigenvalue weighted by molar-refractivity contribution is 5.59. The fraction of sp³-hybridized carbons (Fsp3) is 0.923. The lowest BCUT2D eigenvalue weighted by Crippen LogP contribution is -2.30. The SMILES string of the molecule is CC(C)COC(=O)OCC1CCCCC1CN. The van der Waals surface area contributed by atoms with Crippen LogP contribution in [0.25, 0.3) is 0 Å². The van der Waals surface area contributed by atoms with E-state index in [1.54, 1.807) is 0 Å². The molecule has 1 fully saturated rings. The van der Waals surface area contributed by atoms with E-state index in [-0.39, 0.29) is 0 Å². The first kappa shape index (κ1) is 14.3. The van der Waals surface area contributed by atoms with Crippen molar-refractivity contribution in [2.75, 3.05) is 19.8 Å².